The largest absolute Gasteiger partial charge is 0.393 e. The number of hydrogen-bond acceptors (Lipinski definition) is 1. The third kappa shape index (κ3) is 3.84. The van der Waals surface area contributed by atoms with E-state index in [4.69, 9.17) is 0 Å². The van der Waals surface area contributed by atoms with Gasteiger partial charge in [0.1, 0.15) is 0 Å². The van der Waals surface area contributed by atoms with Crippen LogP contribution < -0.4 is 0 Å². The van der Waals surface area contributed by atoms with E-state index in [2.05, 4.69) is 38.1 Å². The van der Waals surface area contributed by atoms with Crippen molar-refractivity contribution in [2.75, 3.05) is 0 Å². The number of benzene rings is 1. The highest BCUT2D eigenvalue weighted by Gasteiger charge is 2.20. The van der Waals surface area contributed by atoms with Crippen molar-refractivity contribution in [1.82, 2.24) is 0 Å². The van der Waals surface area contributed by atoms with Crippen molar-refractivity contribution < 1.29 is 5.11 Å². The Morgan fingerprint density at radius 3 is 2.78 bits per heavy atom. The first kappa shape index (κ1) is 13.6. The van der Waals surface area contributed by atoms with E-state index in [1.54, 1.807) is 0 Å². The lowest BCUT2D eigenvalue weighted by Crippen LogP contribution is -2.09. The summed E-state index contributed by atoms with van der Waals surface area (Å²) in [6, 6.07) is 9.02. The van der Waals surface area contributed by atoms with Crippen LogP contribution in [-0.2, 0) is 6.42 Å². The molecule has 2 unspecified atom stereocenters. The molecule has 100 valence electrons. The van der Waals surface area contributed by atoms with Gasteiger partial charge in [0.25, 0.3) is 0 Å². The minimum absolute atomic E-state index is 0.0914. The summed E-state index contributed by atoms with van der Waals surface area (Å²) in [6.45, 7) is 4.53. The highest BCUT2D eigenvalue weighted by atomic mass is 16.3. The fourth-order valence-corrected chi connectivity index (χ4v) is 3.08. The summed E-state index contributed by atoms with van der Waals surface area (Å²) in [6.07, 6.45) is 6.68. The van der Waals surface area contributed by atoms with Gasteiger partial charge in [0.2, 0.25) is 0 Å². The van der Waals surface area contributed by atoms with Gasteiger partial charge in [-0.2, -0.15) is 0 Å². The normalized spacial score (nSPS) is 25.1. The summed E-state index contributed by atoms with van der Waals surface area (Å²) < 4.78 is 0. The molecule has 1 fully saturated rings. The minimum Gasteiger partial charge on any atom is -0.393 e. The van der Waals surface area contributed by atoms with Crippen LogP contribution in [-0.4, -0.2) is 11.2 Å². The van der Waals surface area contributed by atoms with Crippen molar-refractivity contribution in [3.8, 4) is 0 Å². The molecule has 0 aromatic heterocycles. The van der Waals surface area contributed by atoms with Crippen molar-refractivity contribution >= 4 is 0 Å². The Labute approximate surface area is 111 Å². The molecular formula is C17H26O. The Bertz CT molecular complexity index is 370. The molecule has 0 heterocycles. The van der Waals surface area contributed by atoms with E-state index >= 15 is 0 Å². The Morgan fingerprint density at radius 1 is 1.22 bits per heavy atom. The summed E-state index contributed by atoms with van der Waals surface area (Å²) in [5, 5.41) is 9.94. The first-order chi connectivity index (χ1) is 8.65. The van der Waals surface area contributed by atoms with Crippen LogP contribution in [0.5, 0.6) is 0 Å². The first-order valence-electron chi connectivity index (χ1n) is 7.42. The molecule has 0 radical (unpaired) electrons. The van der Waals surface area contributed by atoms with Crippen LogP contribution in [0.2, 0.25) is 0 Å². The average molecular weight is 246 g/mol. The number of rotatable bonds is 3. The molecule has 1 aliphatic carbocycles. The zero-order chi connectivity index (χ0) is 13.0. The summed E-state index contributed by atoms with van der Waals surface area (Å²) in [5.74, 6) is 1.27. The maximum absolute atomic E-state index is 9.94. The van der Waals surface area contributed by atoms with Gasteiger partial charge in [0, 0.05) is 0 Å². The molecule has 0 aliphatic heterocycles. The van der Waals surface area contributed by atoms with Crippen LogP contribution in [0.25, 0.3) is 0 Å². The maximum Gasteiger partial charge on any atom is 0.0546 e. The van der Waals surface area contributed by atoms with Crippen LogP contribution >= 0.6 is 0 Å². The smallest absolute Gasteiger partial charge is 0.0546 e. The second-order valence-corrected chi connectivity index (χ2v) is 6.21. The summed E-state index contributed by atoms with van der Waals surface area (Å²) in [7, 11) is 0. The van der Waals surface area contributed by atoms with Gasteiger partial charge in [-0.25, -0.2) is 0 Å². The Morgan fingerprint density at radius 2 is 2.00 bits per heavy atom. The highest BCUT2D eigenvalue weighted by molar-refractivity contribution is 5.27. The third-order valence-electron chi connectivity index (χ3n) is 3.96. The van der Waals surface area contributed by atoms with E-state index < -0.39 is 0 Å². The predicted molar refractivity (Wildman–Crippen MR) is 76.8 cm³/mol. The number of aliphatic hydroxyl groups excluding tert-OH is 1. The van der Waals surface area contributed by atoms with Crippen molar-refractivity contribution in [1.29, 1.82) is 0 Å². The van der Waals surface area contributed by atoms with Gasteiger partial charge in [-0.05, 0) is 48.6 Å². The molecule has 1 aromatic carbocycles. The van der Waals surface area contributed by atoms with Gasteiger partial charge in [-0.3, -0.25) is 0 Å². The molecular weight excluding hydrogens is 220 g/mol. The molecule has 2 atom stereocenters. The monoisotopic (exact) mass is 246 g/mol. The van der Waals surface area contributed by atoms with Gasteiger partial charge in [-0.15, -0.1) is 0 Å². The quantitative estimate of drug-likeness (QED) is 0.789. The Hall–Kier alpha value is -0.820. The van der Waals surface area contributed by atoms with Crippen molar-refractivity contribution in [2.24, 2.45) is 5.92 Å². The molecule has 1 heteroatoms. The standard InChI is InChI=1S/C17H26O/c1-13(2)10-14-6-5-8-15(11-14)16-7-3-4-9-17(18)12-16/h5-6,8,11,13,16-18H,3-4,7,9-10,12H2,1-2H3. The summed E-state index contributed by atoms with van der Waals surface area (Å²) >= 11 is 0. The summed E-state index contributed by atoms with van der Waals surface area (Å²) in [5.41, 5.74) is 2.88. The second kappa shape index (κ2) is 6.38. The molecule has 1 aromatic rings. The minimum atomic E-state index is -0.0914. The van der Waals surface area contributed by atoms with Crippen LogP contribution in [0.4, 0.5) is 0 Å². The van der Waals surface area contributed by atoms with Gasteiger partial charge in [-0.1, -0.05) is 51.0 Å². The van der Waals surface area contributed by atoms with Gasteiger partial charge >= 0.3 is 0 Å². The highest BCUT2D eigenvalue weighted by Crippen LogP contribution is 2.32. The SMILES string of the molecule is CC(C)Cc1cccc(C2CCCCC(O)C2)c1. The fourth-order valence-electron chi connectivity index (χ4n) is 3.08. The maximum atomic E-state index is 9.94. The molecule has 1 aliphatic rings. The van der Waals surface area contributed by atoms with Gasteiger partial charge in [0.15, 0.2) is 0 Å². The van der Waals surface area contributed by atoms with Gasteiger partial charge in [0.05, 0.1) is 6.10 Å². The summed E-state index contributed by atoms with van der Waals surface area (Å²) in [4.78, 5) is 0. The molecule has 0 amide bonds. The molecule has 0 spiro atoms. The first-order valence-corrected chi connectivity index (χ1v) is 7.42. The zero-order valence-electron chi connectivity index (χ0n) is 11.7. The topological polar surface area (TPSA) is 20.2 Å². The molecule has 0 saturated heterocycles. The molecule has 1 nitrogen and oxygen atoms in total. The second-order valence-electron chi connectivity index (χ2n) is 6.21. The van der Waals surface area contributed by atoms with Crippen LogP contribution in [0, 0.1) is 5.92 Å². The molecule has 1 saturated carbocycles. The van der Waals surface area contributed by atoms with Crippen LogP contribution in [0.15, 0.2) is 24.3 Å². The lowest BCUT2D eigenvalue weighted by atomic mass is 9.89. The van der Waals surface area contributed by atoms with Crippen LogP contribution in [0.1, 0.15) is 63.0 Å². The molecule has 0 bridgehead atoms. The zero-order valence-corrected chi connectivity index (χ0v) is 11.7. The van der Waals surface area contributed by atoms with E-state index in [1.165, 1.54) is 30.4 Å². The van der Waals surface area contributed by atoms with E-state index in [9.17, 15) is 5.11 Å². The Kier molecular flexibility index (Phi) is 4.82. The Balaban J connectivity index is 2.11. The van der Waals surface area contributed by atoms with Crippen molar-refractivity contribution in [2.45, 2.75) is 64.4 Å². The number of aliphatic hydroxyl groups is 1. The molecule has 18 heavy (non-hydrogen) atoms. The lowest BCUT2D eigenvalue weighted by Gasteiger charge is -2.18. The van der Waals surface area contributed by atoms with E-state index in [-0.39, 0.29) is 6.10 Å². The lowest BCUT2D eigenvalue weighted by molar-refractivity contribution is 0.152. The third-order valence-corrected chi connectivity index (χ3v) is 3.96. The predicted octanol–water partition coefficient (Wildman–Crippen LogP) is 4.29. The molecule has 1 N–H and O–H groups in total. The van der Waals surface area contributed by atoms with E-state index in [0.29, 0.717) is 11.8 Å². The molecule has 2 rings (SSSR count). The van der Waals surface area contributed by atoms with Crippen molar-refractivity contribution in [3.05, 3.63) is 35.4 Å². The number of hydrogen-bond donors (Lipinski definition) is 1. The van der Waals surface area contributed by atoms with Crippen molar-refractivity contribution in [3.63, 3.8) is 0 Å². The van der Waals surface area contributed by atoms with Gasteiger partial charge < -0.3 is 5.11 Å². The fraction of sp³-hybridized carbons (Fsp3) is 0.647. The average Bonchev–Trinajstić information content (AvgIpc) is 2.53. The van der Waals surface area contributed by atoms with Crippen LogP contribution in [0.3, 0.4) is 0 Å². The van der Waals surface area contributed by atoms with E-state index in [0.717, 1.165) is 19.3 Å². The van der Waals surface area contributed by atoms with E-state index in [1.807, 2.05) is 0 Å².